The van der Waals surface area contributed by atoms with Gasteiger partial charge in [0.1, 0.15) is 0 Å². The van der Waals surface area contributed by atoms with Gasteiger partial charge in [-0.3, -0.25) is 0 Å². The molecule has 1 aromatic carbocycles. The fourth-order valence-corrected chi connectivity index (χ4v) is 1.62. The number of nitrogens with zero attached hydrogens (tertiary/aromatic N) is 1. The summed E-state index contributed by atoms with van der Waals surface area (Å²) in [7, 11) is 3.70. The number of methoxy groups -OCH3 is 1. The van der Waals surface area contributed by atoms with Crippen LogP contribution in [0.2, 0.25) is 0 Å². The minimum Gasteiger partial charge on any atom is -0.478 e. The molecule has 6 heteroatoms. The lowest BCUT2D eigenvalue weighted by Gasteiger charge is -2.17. The van der Waals surface area contributed by atoms with E-state index in [-0.39, 0.29) is 11.3 Å². The average Bonchev–Trinajstić information content (AvgIpc) is 2.36. The summed E-state index contributed by atoms with van der Waals surface area (Å²) in [5.74, 6) is -1.01. The van der Waals surface area contributed by atoms with Crippen LogP contribution in [0.25, 0.3) is 0 Å². The number of carboxylic acids is 1. The molecule has 0 atom stereocenters. The summed E-state index contributed by atoms with van der Waals surface area (Å²) < 4.78 is 4.99. The van der Waals surface area contributed by atoms with E-state index in [1.54, 1.807) is 19.2 Å². The zero-order chi connectivity index (χ0) is 14.3. The standard InChI is InChI=1S/C13H21N3O3/c1-16(7-8-19-2)6-5-15-10-3-4-11(13(17)18)12(14)9-10/h3-4,9,15H,5-8,14H2,1-2H3,(H,17,18). The van der Waals surface area contributed by atoms with Crippen molar-refractivity contribution >= 4 is 17.3 Å². The predicted molar refractivity (Wildman–Crippen MR) is 75.7 cm³/mol. The van der Waals surface area contributed by atoms with E-state index in [1.165, 1.54) is 6.07 Å². The molecular weight excluding hydrogens is 246 g/mol. The topological polar surface area (TPSA) is 87.8 Å². The number of rotatable bonds is 8. The highest BCUT2D eigenvalue weighted by molar-refractivity contribution is 5.94. The molecule has 0 saturated heterocycles. The van der Waals surface area contributed by atoms with Crippen molar-refractivity contribution in [2.75, 3.05) is 51.4 Å². The number of nitrogen functional groups attached to an aromatic ring is 1. The molecule has 0 fully saturated rings. The van der Waals surface area contributed by atoms with E-state index in [0.717, 1.165) is 25.3 Å². The van der Waals surface area contributed by atoms with Crippen LogP contribution in [0.1, 0.15) is 10.4 Å². The molecule has 0 amide bonds. The second-order valence-electron chi connectivity index (χ2n) is 4.33. The van der Waals surface area contributed by atoms with Gasteiger partial charge in [0.25, 0.3) is 0 Å². The maximum Gasteiger partial charge on any atom is 0.337 e. The van der Waals surface area contributed by atoms with Crippen molar-refractivity contribution in [2.24, 2.45) is 0 Å². The first-order valence-corrected chi connectivity index (χ1v) is 6.08. The Bertz CT molecular complexity index is 424. The number of hydrogen-bond acceptors (Lipinski definition) is 5. The third-order valence-electron chi connectivity index (χ3n) is 2.78. The maximum absolute atomic E-state index is 10.8. The van der Waals surface area contributed by atoms with Crippen molar-refractivity contribution in [3.63, 3.8) is 0 Å². The molecule has 19 heavy (non-hydrogen) atoms. The first-order chi connectivity index (χ1) is 9.04. The first-order valence-electron chi connectivity index (χ1n) is 6.08. The molecule has 4 N–H and O–H groups in total. The Hall–Kier alpha value is -1.79. The zero-order valence-corrected chi connectivity index (χ0v) is 11.3. The fraction of sp³-hybridized carbons (Fsp3) is 0.462. The average molecular weight is 267 g/mol. The van der Waals surface area contributed by atoms with Crippen LogP contribution in [0.15, 0.2) is 18.2 Å². The Morgan fingerprint density at radius 2 is 2.21 bits per heavy atom. The molecule has 0 aliphatic rings. The van der Waals surface area contributed by atoms with E-state index >= 15 is 0 Å². The van der Waals surface area contributed by atoms with E-state index in [9.17, 15) is 4.79 Å². The number of benzene rings is 1. The Morgan fingerprint density at radius 3 is 2.79 bits per heavy atom. The highest BCUT2D eigenvalue weighted by Gasteiger charge is 2.07. The van der Waals surface area contributed by atoms with Crippen molar-refractivity contribution in [3.05, 3.63) is 23.8 Å². The lowest BCUT2D eigenvalue weighted by atomic mass is 10.1. The predicted octanol–water partition coefficient (Wildman–Crippen LogP) is 0.957. The number of carbonyl (C=O) groups is 1. The Labute approximate surface area is 113 Å². The van der Waals surface area contributed by atoms with Crippen LogP contribution in [0.5, 0.6) is 0 Å². The van der Waals surface area contributed by atoms with Gasteiger partial charge in [-0.15, -0.1) is 0 Å². The molecule has 0 aliphatic heterocycles. The molecule has 6 nitrogen and oxygen atoms in total. The lowest BCUT2D eigenvalue weighted by molar-refractivity contribution is 0.0698. The van der Waals surface area contributed by atoms with E-state index in [1.807, 2.05) is 7.05 Å². The third kappa shape index (κ3) is 5.15. The molecule has 0 saturated carbocycles. The molecule has 1 aromatic rings. The van der Waals surface area contributed by atoms with Gasteiger partial charge in [0, 0.05) is 38.1 Å². The minimum absolute atomic E-state index is 0.128. The second-order valence-corrected chi connectivity index (χ2v) is 4.33. The molecule has 0 spiro atoms. The van der Waals surface area contributed by atoms with Crippen molar-refractivity contribution in [2.45, 2.75) is 0 Å². The van der Waals surface area contributed by atoms with Gasteiger partial charge in [-0.05, 0) is 25.2 Å². The molecule has 0 radical (unpaired) electrons. The van der Waals surface area contributed by atoms with Gasteiger partial charge in [0.05, 0.1) is 12.2 Å². The number of nitrogens with two attached hydrogens (primary N) is 1. The highest BCUT2D eigenvalue weighted by Crippen LogP contribution is 2.17. The number of likely N-dealkylation sites (N-methyl/N-ethyl adjacent to an activating group) is 1. The van der Waals surface area contributed by atoms with E-state index in [4.69, 9.17) is 15.6 Å². The molecule has 0 aliphatic carbocycles. The largest absolute Gasteiger partial charge is 0.478 e. The number of carboxylic acid groups (broad SMARTS) is 1. The number of anilines is 2. The van der Waals surface area contributed by atoms with Gasteiger partial charge in [-0.1, -0.05) is 0 Å². The second kappa shape index (κ2) is 7.60. The Morgan fingerprint density at radius 1 is 1.47 bits per heavy atom. The first kappa shape index (κ1) is 15.3. The summed E-state index contributed by atoms with van der Waals surface area (Å²) in [6.45, 7) is 3.20. The van der Waals surface area contributed by atoms with Crippen molar-refractivity contribution in [1.82, 2.24) is 4.90 Å². The lowest BCUT2D eigenvalue weighted by Crippen LogP contribution is -2.28. The summed E-state index contributed by atoms with van der Waals surface area (Å²) in [5, 5.41) is 12.1. The summed E-state index contributed by atoms with van der Waals surface area (Å²) >= 11 is 0. The van der Waals surface area contributed by atoms with Crippen molar-refractivity contribution in [1.29, 1.82) is 0 Å². The molecule has 0 bridgehead atoms. The van der Waals surface area contributed by atoms with Crippen LogP contribution < -0.4 is 11.1 Å². The fourth-order valence-electron chi connectivity index (χ4n) is 1.62. The third-order valence-corrected chi connectivity index (χ3v) is 2.78. The molecule has 106 valence electrons. The molecular formula is C13H21N3O3. The van der Waals surface area contributed by atoms with Gasteiger partial charge in [-0.25, -0.2) is 4.79 Å². The zero-order valence-electron chi connectivity index (χ0n) is 11.3. The summed E-state index contributed by atoms with van der Waals surface area (Å²) in [4.78, 5) is 13.0. The van der Waals surface area contributed by atoms with Crippen LogP contribution >= 0.6 is 0 Å². The molecule has 0 heterocycles. The number of nitrogens with one attached hydrogen (secondary N) is 1. The van der Waals surface area contributed by atoms with Crippen LogP contribution in [0.3, 0.4) is 0 Å². The van der Waals surface area contributed by atoms with Gasteiger partial charge in [-0.2, -0.15) is 0 Å². The number of ether oxygens (including phenoxy) is 1. The molecule has 1 rings (SSSR count). The Kier molecular flexibility index (Phi) is 6.11. The number of hydrogen-bond donors (Lipinski definition) is 3. The number of aromatic carboxylic acids is 1. The van der Waals surface area contributed by atoms with Gasteiger partial charge in [0.2, 0.25) is 0 Å². The van der Waals surface area contributed by atoms with Crippen LogP contribution in [0, 0.1) is 0 Å². The highest BCUT2D eigenvalue weighted by atomic mass is 16.5. The van der Waals surface area contributed by atoms with Gasteiger partial charge >= 0.3 is 5.97 Å². The summed E-state index contributed by atoms with van der Waals surface area (Å²) in [6.07, 6.45) is 0. The van der Waals surface area contributed by atoms with E-state index in [0.29, 0.717) is 6.61 Å². The minimum atomic E-state index is -1.01. The van der Waals surface area contributed by atoms with Gasteiger partial charge < -0.3 is 25.8 Å². The smallest absolute Gasteiger partial charge is 0.337 e. The summed E-state index contributed by atoms with van der Waals surface area (Å²) in [5.41, 5.74) is 6.89. The van der Waals surface area contributed by atoms with Crippen molar-refractivity contribution in [3.8, 4) is 0 Å². The van der Waals surface area contributed by atoms with Crippen LogP contribution in [0.4, 0.5) is 11.4 Å². The van der Waals surface area contributed by atoms with Gasteiger partial charge in [0.15, 0.2) is 0 Å². The van der Waals surface area contributed by atoms with Crippen LogP contribution in [-0.2, 0) is 4.74 Å². The monoisotopic (exact) mass is 267 g/mol. The SMILES string of the molecule is COCCN(C)CCNc1ccc(C(=O)O)c(N)c1. The van der Waals surface area contributed by atoms with E-state index < -0.39 is 5.97 Å². The quantitative estimate of drug-likeness (QED) is 0.608. The van der Waals surface area contributed by atoms with Crippen LogP contribution in [-0.4, -0.2) is 56.4 Å². The van der Waals surface area contributed by atoms with E-state index in [2.05, 4.69) is 10.2 Å². The maximum atomic E-state index is 10.8. The normalized spacial score (nSPS) is 10.7. The Balaban J connectivity index is 2.42. The molecule has 0 aromatic heterocycles. The molecule has 0 unspecified atom stereocenters. The van der Waals surface area contributed by atoms with Crippen molar-refractivity contribution < 1.29 is 14.6 Å². The summed E-state index contributed by atoms with van der Waals surface area (Å²) in [6, 6.07) is 4.86.